The van der Waals surface area contributed by atoms with Gasteiger partial charge in [-0.05, 0) is 12.1 Å². The number of anilines is 2. The van der Waals surface area contributed by atoms with Crippen molar-refractivity contribution in [3.05, 3.63) is 77.3 Å². The monoisotopic (exact) mass is 471 g/mol. The highest BCUT2D eigenvalue weighted by molar-refractivity contribution is 5.85. The van der Waals surface area contributed by atoms with Crippen LogP contribution in [0.2, 0.25) is 0 Å². The van der Waals surface area contributed by atoms with Gasteiger partial charge in [-0.3, -0.25) is 10.1 Å². The number of H-pyrrole nitrogens is 1. The van der Waals surface area contributed by atoms with E-state index >= 15 is 0 Å². The molecule has 0 bridgehead atoms. The number of rotatable bonds is 8. The van der Waals surface area contributed by atoms with E-state index in [1.54, 1.807) is 18.6 Å². The van der Waals surface area contributed by atoms with Crippen molar-refractivity contribution in [3.8, 4) is 22.5 Å². The minimum Gasteiger partial charge on any atom is -0.370 e. The predicted octanol–water partition coefficient (Wildman–Crippen LogP) is 2.90. The summed E-state index contributed by atoms with van der Waals surface area (Å²) in [7, 11) is 0. The number of aromatic amines is 1. The zero-order chi connectivity index (χ0) is 24.0. The second-order valence-corrected chi connectivity index (χ2v) is 8.10. The number of aromatic nitrogens is 5. The maximum absolute atomic E-state index is 10.8. The molecule has 0 unspecified atom stereocenters. The Morgan fingerprint density at radius 3 is 2.63 bits per heavy atom. The molecule has 0 amide bonds. The van der Waals surface area contributed by atoms with Crippen LogP contribution in [0.4, 0.5) is 17.2 Å². The molecule has 0 radical (unpaired) electrons. The van der Waals surface area contributed by atoms with Crippen LogP contribution in [0.3, 0.4) is 0 Å². The smallest absolute Gasteiger partial charge is 0.287 e. The molecule has 0 atom stereocenters. The maximum atomic E-state index is 10.8. The summed E-state index contributed by atoms with van der Waals surface area (Å²) >= 11 is 0. The van der Waals surface area contributed by atoms with Crippen molar-refractivity contribution in [2.24, 2.45) is 0 Å². The number of hydrogen-bond acceptors (Lipinski definition) is 9. The van der Waals surface area contributed by atoms with Crippen molar-refractivity contribution in [1.82, 2.24) is 30.2 Å². The normalized spacial score (nSPS) is 13.5. The van der Waals surface area contributed by atoms with E-state index in [0.717, 1.165) is 54.4 Å². The van der Waals surface area contributed by atoms with Gasteiger partial charge in [0.1, 0.15) is 17.8 Å². The summed E-state index contributed by atoms with van der Waals surface area (Å²) in [5.74, 6) is 1.25. The highest BCUT2D eigenvalue weighted by Crippen LogP contribution is 2.35. The van der Waals surface area contributed by atoms with Gasteiger partial charge in [-0.2, -0.15) is 0 Å². The fourth-order valence-corrected chi connectivity index (χ4v) is 4.10. The van der Waals surface area contributed by atoms with Gasteiger partial charge in [0.15, 0.2) is 0 Å². The first-order chi connectivity index (χ1) is 17.2. The van der Waals surface area contributed by atoms with Crippen LogP contribution in [0, 0.1) is 10.1 Å². The van der Waals surface area contributed by atoms with Gasteiger partial charge in [-0.25, -0.2) is 19.9 Å². The summed E-state index contributed by atoms with van der Waals surface area (Å²) in [5, 5.41) is 17.4. The lowest BCUT2D eigenvalue weighted by atomic mass is 10.0. The van der Waals surface area contributed by atoms with Crippen molar-refractivity contribution in [3.63, 3.8) is 0 Å². The van der Waals surface area contributed by atoms with Crippen molar-refractivity contribution in [1.29, 1.82) is 0 Å². The summed E-state index contributed by atoms with van der Waals surface area (Å²) in [4.78, 5) is 33.7. The third kappa shape index (κ3) is 5.09. The van der Waals surface area contributed by atoms with Crippen LogP contribution in [0.25, 0.3) is 22.5 Å². The van der Waals surface area contributed by atoms with Gasteiger partial charge >= 0.3 is 0 Å². The summed E-state index contributed by atoms with van der Waals surface area (Å²) in [6.45, 7) is 4.28. The van der Waals surface area contributed by atoms with Crippen LogP contribution in [0.1, 0.15) is 5.82 Å². The molecule has 5 rings (SSSR count). The van der Waals surface area contributed by atoms with E-state index in [1.165, 1.54) is 12.3 Å². The average molecular weight is 472 g/mol. The summed E-state index contributed by atoms with van der Waals surface area (Å²) in [5.41, 5.74) is 4.75. The number of imidazole rings is 1. The number of benzene rings is 1. The number of hydrogen-bond donors (Lipinski definition) is 3. The van der Waals surface area contributed by atoms with Crippen LogP contribution < -0.4 is 15.5 Å². The highest BCUT2D eigenvalue weighted by atomic mass is 16.6. The quantitative estimate of drug-likeness (QED) is 0.261. The number of nitrogens with zero attached hydrogens (tertiary/aromatic N) is 6. The Hall–Kier alpha value is -4.38. The SMILES string of the molecule is O=[N+]([O-])c1ccc(NCCc2ncc(-c3cnc[nH]3)c(-c3ccccc3N3CCNCC3)n2)nc1. The Kier molecular flexibility index (Phi) is 6.57. The van der Waals surface area contributed by atoms with Gasteiger partial charge in [0.2, 0.25) is 0 Å². The van der Waals surface area contributed by atoms with Crippen molar-refractivity contribution >= 4 is 17.2 Å². The Labute approximate surface area is 201 Å². The van der Waals surface area contributed by atoms with E-state index in [-0.39, 0.29) is 5.69 Å². The molecule has 1 aliphatic rings. The molecule has 11 nitrogen and oxygen atoms in total. The van der Waals surface area contributed by atoms with Crippen LogP contribution in [-0.2, 0) is 6.42 Å². The molecule has 3 N–H and O–H groups in total. The lowest BCUT2D eigenvalue weighted by Crippen LogP contribution is -2.43. The Balaban J connectivity index is 1.41. The van der Waals surface area contributed by atoms with E-state index < -0.39 is 4.92 Å². The van der Waals surface area contributed by atoms with Crippen LogP contribution in [-0.4, -0.2) is 62.6 Å². The molecular formula is C24H25N9O2. The van der Waals surface area contributed by atoms with E-state index in [0.29, 0.717) is 24.6 Å². The molecule has 35 heavy (non-hydrogen) atoms. The van der Waals surface area contributed by atoms with E-state index in [9.17, 15) is 10.1 Å². The fraction of sp³-hybridized carbons (Fsp3) is 0.250. The minimum atomic E-state index is -0.467. The zero-order valence-electron chi connectivity index (χ0n) is 19.0. The number of nitrogens with one attached hydrogen (secondary N) is 3. The third-order valence-corrected chi connectivity index (χ3v) is 5.86. The minimum absolute atomic E-state index is 0.0407. The van der Waals surface area contributed by atoms with E-state index in [2.05, 4.69) is 53.7 Å². The first kappa shape index (κ1) is 22.4. The van der Waals surface area contributed by atoms with Gasteiger partial charge in [0, 0.05) is 68.2 Å². The fourth-order valence-electron chi connectivity index (χ4n) is 4.10. The molecule has 4 aromatic rings. The van der Waals surface area contributed by atoms with Gasteiger partial charge in [-0.1, -0.05) is 18.2 Å². The molecule has 0 saturated carbocycles. The summed E-state index contributed by atoms with van der Waals surface area (Å²) in [6.07, 6.45) is 7.06. The van der Waals surface area contributed by atoms with Gasteiger partial charge in [-0.15, -0.1) is 0 Å². The summed E-state index contributed by atoms with van der Waals surface area (Å²) < 4.78 is 0. The molecule has 3 aromatic heterocycles. The molecule has 1 saturated heterocycles. The van der Waals surface area contributed by atoms with Gasteiger partial charge in [0.05, 0.1) is 28.8 Å². The number of piperazine rings is 1. The molecule has 0 spiro atoms. The lowest BCUT2D eigenvalue weighted by Gasteiger charge is -2.31. The first-order valence-corrected chi connectivity index (χ1v) is 11.4. The van der Waals surface area contributed by atoms with Crippen LogP contribution in [0.5, 0.6) is 0 Å². The third-order valence-electron chi connectivity index (χ3n) is 5.86. The van der Waals surface area contributed by atoms with Gasteiger partial charge < -0.3 is 20.5 Å². The summed E-state index contributed by atoms with van der Waals surface area (Å²) in [6, 6.07) is 11.3. The predicted molar refractivity (Wildman–Crippen MR) is 133 cm³/mol. The Morgan fingerprint density at radius 1 is 1.03 bits per heavy atom. The molecule has 1 aromatic carbocycles. The van der Waals surface area contributed by atoms with Gasteiger partial charge in [0.25, 0.3) is 5.69 Å². The van der Waals surface area contributed by atoms with Crippen molar-refractivity contribution in [2.75, 3.05) is 42.9 Å². The molecule has 1 aliphatic heterocycles. The molecule has 0 aliphatic carbocycles. The van der Waals surface area contributed by atoms with Crippen molar-refractivity contribution < 1.29 is 4.92 Å². The molecule has 4 heterocycles. The topological polar surface area (TPSA) is 138 Å². The highest BCUT2D eigenvalue weighted by Gasteiger charge is 2.20. The molecule has 178 valence electrons. The van der Waals surface area contributed by atoms with Crippen molar-refractivity contribution in [2.45, 2.75) is 6.42 Å². The first-order valence-electron chi connectivity index (χ1n) is 11.4. The largest absolute Gasteiger partial charge is 0.370 e. The second-order valence-electron chi connectivity index (χ2n) is 8.10. The van der Waals surface area contributed by atoms with Crippen LogP contribution >= 0.6 is 0 Å². The van der Waals surface area contributed by atoms with E-state index in [4.69, 9.17) is 4.98 Å². The van der Waals surface area contributed by atoms with E-state index in [1.807, 2.05) is 12.3 Å². The molecule has 1 fully saturated rings. The standard InChI is InChI=1S/C24H25N9O2/c34-33(35)17-5-6-22(28-13-17)27-8-7-23-29-14-19(20-15-26-16-30-20)24(31-23)18-3-1-2-4-21(18)32-11-9-25-10-12-32/h1-6,13-16,25H,7-12H2,(H,26,30)(H,27,28). The second kappa shape index (κ2) is 10.3. The maximum Gasteiger partial charge on any atom is 0.287 e. The molecule has 11 heteroatoms. The van der Waals surface area contributed by atoms with Crippen LogP contribution in [0.15, 0.2) is 61.3 Å². The Bertz CT molecular complexity index is 1290. The molecular weight excluding hydrogens is 446 g/mol. The Morgan fingerprint density at radius 2 is 1.89 bits per heavy atom. The number of pyridine rings is 1. The number of nitro groups is 1. The average Bonchev–Trinajstić information content (AvgIpc) is 3.44. The number of para-hydroxylation sites is 1. The lowest BCUT2D eigenvalue weighted by molar-refractivity contribution is -0.385. The zero-order valence-corrected chi connectivity index (χ0v) is 19.0.